The second-order valence-electron chi connectivity index (χ2n) is 4.06. The zero-order chi connectivity index (χ0) is 14.6. The second kappa shape index (κ2) is 6.60. The molecule has 0 N–H and O–H groups in total. The zero-order valence-electron chi connectivity index (χ0n) is 10.5. The van der Waals surface area contributed by atoms with Crippen LogP contribution in [-0.2, 0) is 9.59 Å². The van der Waals surface area contributed by atoms with Crippen molar-refractivity contribution < 1.29 is 14.3 Å². The maximum atomic E-state index is 12.1. The maximum absolute atomic E-state index is 12.1. The Morgan fingerprint density at radius 3 is 1.95 bits per heavy atom. The monoisotopic (exact) mass is 322 g/mol. The van der Waals surface area contributed by atoms with E-state index < -0.39 is 16.6 Å². The first-order chi connectivity index (χ1) is 8.85. The van der Waals surface area contributed by atoms with E-state index in [0.29, 0.717) is 10.0 Å². The molecule has 6 heteroatoms. The quantitative estimate of drug-likeness (QED) is 0.347. The third kappa shape index (κ3) is 3.62. The van der Waals surface area contributed by atoms with E-state index in [1.165, 1.54) is 18.2 Å². The number of hydrogen-bond acceptors (Lipinski definition) is 3. The van der Waals surface area contributed by atoms with Crippen LogP contribution in [0.5, 0.6) is 5.75 Å². The van der Waals surface area contributed by atoms with E-state index in [2.05, 4.69) is 0 Å². The molecule has 0 bridgehead atoms. The van der Waals surface area contributed by atoms with Gasteiger partial charge in [-0.15, -0.1) is 0 Å². The number of ether oxygens (including phenoxy) is 1. The standard InChI is InChI=1S/C13H13Cl3O3/c1-3-13(4-2,11(16)17)12(18)19-10-6-8(14)5-9(15)7-10/h5-7H,3-4H2,1-2H3. The van der Waals surface area contributed by atoms with Crippen LogP contribution in [0.1, 0.15) is 26.7 Å². The average Bonchev–Trinajstić information content (AvgIpc) is 2.29. The highest BCUT2D eigenvalue weighted by atomic mass is 35.5. The number of benzene rings is 1. The van der Waals surface area contributed by atoms with E-state index in [0.717, 1.165) is 0 Å². The molecule has 1 aromatic rings. The van der Waals surface area contributed by atoms with Gasteiger partial charge in [-0.2, -0.15) is 0 Å². The van der Waals surface area contributed by atoms with Gasteiger partial charge in [-0.3, -0.25) is 9.59 Å². The molecule has 0 unspecified atom stereocenters. The average molecular weight is 324 g/mol. The molecule has 1 aromatic carbocycles. The summed E-state index contributed by atoms with van der Waals surface area (Å²) < 4.78 is 5.17. The molecule has 0 heterocycles. The Bertz CT molecular complexity index is 476. The lowest BCUT2D eigenvalue weighted by atomic mass is 9.84. The molecule has 0 atom stereocenters. The minimum absolute atomic E-state index is 0.187. The van der Waals surface area contributed by atoms with Crippen molar-refractivity contribution in [1.82, 2.24) is 0 Å². The fourth-order valence-electron chi connectivity index (χ4n) is 1.69. The normalized spacial score (nSPS) is 11.2. The predicted molar refractivity (Wildman–Crippen MR) is 76.0 cm³/mol. The first-order valence-electron chi connectivity index (χ1n) is 5.74. The number of carbonyl (C=O) groups is 2. The summed E-state index contributed by atoms with van der Waals surface area (Å²) in [6, 6.07) is 4.40. The van der Waals surface area contributed by atoms with Crippen molar-refractivity contribution in [3.63, 3.8) is 0 Å². The van der Waals surface area contributed by atoms with Gasteiger partial charge >= 0.3 is 5.97 Å². The minimum atomic E-state index is -1.34. The van der Waals surface area contributed by atoms with E-state index in [9.17, 15) is 9.59 Å². The Hall–Kier alpha value is -0.770. The largest absolute Gasteiger partial charge is 0.426 e. The van der Waals surface area contributed by atoms with E-state index in [-0.39, 0.29) is 18.6 Å². The van der Waals surface area contributed by atoms with E-state index in [4.69, 9.17) is 39.5 Å². The van der Waals surface area contributed by atoms with Crippen LogP contribution in [0.4, 0.5) is 0 Å². The van der Waals surface area contributed by atoms with Gasteiger partial charge < -0.3 is 4.74 Å². The van der Waals surface area contributed by atoms with E-state index in [1.54, 1.807) is 13.8 Å². The summed E-state index contributed by atoms with van der Waals surface area (Å²) in [5, 5.41) is -0.0483. The number of hydrogen-bond donors (Lipinski definition) is 0. The highest BCUT2D eigenvalue weighted by Gasteiger charge is 2.43. The molecule has 0 aliphatic rings. The Morgan fingerprint density at radius 2 is 1.58 bits per heavy atom. The lowest BCUT2D eigenvalue weighted by Gasteiger charge is -2.24. The van der Waals surface area contributed by atoms with Crippen LogP contribution in [0.2, 0.25) is 10.0 Å². The Balaban J connectivity index is 3.03. The van der Waals surface area contributed by atoms with Crippen molar-refractivity contribution >= 4 is 46.0 Å². The molecular weight excluding hydrogens is 310 g/mol. The van der Waals surface area contributed by atoms with Crippen LogP contribution in [0, 0.1) is 5.41 Å². The van der Waals surface area contributed by atoms with Gasteiger partial charge in [-0.05, 0) is 42.6 Å². The van der Waals surface area contributed by atoms with Crippen molar-refractivity contribution in [2.75, 3.05) is 0 Å². The lowest BCUT2D eigenvalue weighted by Crippen LogP contribution is -2.39. The van der Waals surface area contributed by atoms with Crippen LogP contribution >= 0.6 is 34.8 Å². The van der Waals surface area contributed by atoms with Crippen molar-refractivity contribution in [2.45, 2.75) is 26.7 Å². The van der Waals surface area contributed by atoms with Gasteiger partial charge in [0.1, 0.15) is 11.2 Å². The van der Waals surface area contributed by atoms with Crippen LogP contribution < -0.4 is 4.74 Å². The molecule has 0 fully saturated rings. The second-order valence-corrected chi connectivity index (χ2v) is 5.27. The molecule has 0 aliphatic carbocycles. The Morgan fingerprint density at radius 1 is 1.11 bits per heavy atom. The molecule has 1 rings (SSSR count). The first kappa shape index (κ1) is 16.3. The fraction of sp³-hybridized carbons (Fsp3) is 0.385. The van der Waals surface area contributed by atoms with Crippen molar-refractivity contribution in [3.8, 4) is 5.75 Å². The molecular formula is C13H13Cl3O3. The number of carbonyl (C=O) groups excluding carboxylic acids is 2. The molecule has 19 heavy (non-hydrogen) atoms. The molecule has 0 spiro atoms. The van der Waals surface area contributed by atoms with Crippen molar-refractivity contribution in [3.05, 3.63) is 28.2 Å². The summed E-state index contributed by atoms with van der Waals surface area (Å²) in [6.45, 7) is 3.41. The van der Waals surface area contributed by atoms with Gasteiger partial charge in [-0.1, -0.05) is 37.0 Å². The fourth-order valence-corrected chi connectivity index (χ4v) is 2.54. The maximum Gasteiger partial charge on any atom is 0.326 e. The number of halogens is 3. The molecule has 0 saturated heterocycles. The summed E-state index contributed by atoms with van der Waals surface area (Å²) in [7, 11) is 0. The highest BCUT2D eigenvalue weighted by Crippen LogP contribution is 2.33. The lowest BCUT2D eigenvalue weighted by molar-refractivity contribution is -0.150. The summed E-state index contributed by atoms with van der Waals surface area (Å²) in [5.74, 6) is -0.512. The molecule has 0 radical (unpaired) electrons. The third-order valence-electron chi connectivity index (χ3n) is 3.02. The predicted octanol–water partition coefficient (Wildman–Crippen LogP) is 4.47. The van der Waals surface area contributed by atoms with E-state index in [1.807, 2.05) is 0 Å². The molecule has 0 aromatic heterocycles. The molecule has 0 amide bonds. The summed E-state index contributed by atoms with van der Waals surface area (Å²) in [6.07, 6.45) is 0.526. The number of rotatable bonds is 5. The topological polar surface area (TPSA) is 43.4 Å². The van der Waals surface area contributed by atoms with Crippen LogP contribution in [0.15, 0.2) is 18.2 Å². The molecule has 3 nitrogen and oxygen atoms in total. The van der Waals surface area contributed by atoms with Gasteiger partial charge in [0.2, 0.25) is 5.24 Å². The molecule has 0 aliphatic heterocycles. The Kier molecular flexibility index (Phi) is 5.65. The van der Waals surface area contributed by atoms with Crippen LogP contribution in [-0.4, -0.2) is 11.2 Å². The first-order valence-corrected chi connectivity index (χ1v) is 6.87. The van der Waals surface area contributed by atoms with Gasteiger partial charge in [0.05, 0.1) is 0 Å². The summed E-state index contributed by atoms with van der Waals surface area (Å²) >= 11 is 17.2. The van der Waals surface area contributed by atoms with Crippen LogP contribution in [0.25, 0.3) is 0 Å². The summed E-state index contributed by atoms with van der Waals surface area (Å²) in [5.41, 5.74) is -1.34. The van der Waals surface area contributed by atoms with Gasteiger partial charge in [0.15, 0.2) is 0 Å². The van der Waals surface area contributed by atoms with Gasteiger partial charge in [0, 0.05) is 10.0 Å². The third-order valence-corrected chi connectivity index (χ3v) is 3.82. The van der Waals surface area contributed by atoms with Crippen molar-refractivity contribution in [1.29, 1.82) is 0 Å². The zero-order valence-corrected chi connectivity index (χ0v) is 12.8. The van der Waals surface area contributed by atoms with Gasteiger partial charge in [0.25, 0.3) is 0 Å². The molecule has 104 valence electrons. The molecule has 0 saturated carbocycles. The SMILES string of the molecule is CCC(CC)(C(=O)Cl)C(=O)Oc1cc(Cl)cc(Cl)c1. The highest BCUT2D eigenvalue weighted by molar-refractivity contribution is 6.66. The Labute approximate surface area is 126 Å². The van der Waals surface area contributed by atoms with Gasteiger partial charge in [-0.25, -0.2) is 0 Å². The van der Waals surface area contributed by atoms with Crippen molar-refractivity contribution in [2.24, 2.45) is 5.41 Å². The van der Waals surface area contributed by atoms with E-state index >= 15 is 0 Å². The summed E-state index contributed by atoms with van der Waals surface area (Å²) in [4.78, 5) is 23.7. The minimum Gasteiger partial charge on any atom is -0.426 e. The van der Waals surface area contributed by atoms with Crippen LogP contribution in [0.3, 0.4) is 0 Å². The number of esters is 1. The smallest absolute Gasteiger partial charge is 0.326 e.